The molecular weight excluding hydrogens is 276 g/mol. The molecule has 2 rings (SSSR count). The lowest BCUT2D eigenvalue weighted by molar-refractivity contribution is 0.101. The van der Waals surface area contributed by atoms with E-state index >= 15 is 0 Å². The van der Waals surface area contributed by atoms with Gasteiger partial charge in [-0.05, 0) is 46.6 Å². The molecule has 0 spiro atoms. The monoisotopic (exact) mass is 284 g/mol. The fourth-order valence-electron chi connectivity index (χ4n) is 1.15. The normalized spacial score (nSPS) is 10.3. The Bertz CT molecular complexity index is 456. The molecule has 2 aromatic rings. The number of thiophene rings is 1. The van der Waals surface area contributed by atoms with Crippen molar-refractivity contribution in [3.8, 4) is 0 Å². The lowest BCUT2D eigenvalue weighted by Crippen LogP contribution is -2.20. The van der Waals surface area contributed by atoms with Crippen molar-refractivity contribution in [2.24, 2.45) is 0 Å². The van der Waals surface area contributed by atoms with Crippen LogP contribution in [0.25, 0.3) is 0 Å². The molecule has 2 heterocycles. The molecule has 0 fully saturated rings. The van der Waals surface area contributed by atoms with E-state index in [9.17, 15) is 4.79 Å². The molecule has 0 bridgehead atoms. The SMILES string of the molecule is Cc1cc(C(=O)Nn2cccc2)sc1Br. The number of rotatable bonds is 2. The van der Waals surface area contributed by atoms with Crippen molar-refractivity contribution in [3.05, 3.63) is 44.8 Å². The number of aromatic nitrogens is 1. The quantitative estimate of drug-likeness (QED) is 0.904. The largest absolute Gasteiger partial charge is 0.280 e. The second kappa shape index (κ2) is 4.20. The lowest BCUT2D eigenvalue weighted by Gasteiger charge is -2.03. The first-order valence-corrected chi connectivity index (χ1v) is 5.98. The van der Waals surface area contributed by atoms with Crippen LogP contribution in [0.15, 0.2) is 34.4 Å². The Balaban J connectivity index is 2.15. The van der Waals surface area contributed by atoms with Gasteiger partial charge in [0, 0.05) is 12.4 Å². The average molecular weight is 285 g/mol. The maximum atomic E-state index is 11.7. The summed E-state index contributed by atoms with van der Waals surface area (Å²) in [5, 5.41) is 0. The van der Waals surface area contributed by atoms with Crippen LogP contribution in [0, 0.1) is 6.92 Å². The predicted octanol–water partition coefficient (Wildman–Crippen LogP) is 3.00. The number of nitrogens with zero attached hydrogens (tertiary/aromatic N) is 1. The zero-order valence-corrected chi connectivity index (χ0v) is 10.4. The fraction of sp³-hybridized carbons (Fsp3) is 0.100. The Hall–Kier alpha value is -1.07. The van der Waals surface area contributed by atoms with Gasteiger partial charge in [0.15, 0.2) is 0 Å². The summed E-state index contributed by atoms with van der Waals surface area (Å²) >= 11 is 4.83. The molecular formula is C10H9BrN2OS. The minimum atomic E-state index is -0.0926. The summed E-state index contributed by atoms with van der Waals surface area (Å²) in [6, 6.07) is 5.58. The summed E-state index contributed by atoms with van der Waals surface area (Å²) in [7, 11) is 0. The Kier molecular flexibility index (Phi) is 2.93. The molecule has 0 unspecified atom stereocenters. The third-order valence-electron chi connectivity index (χ3n) is 1.92. The maximum absolute atomic E-state index is 11.7. The third-order valence-corrected chi connectivity index (χ3v) is 4.05. The summed E-state index contributed by atoms with van der Waals surface area (Å²) in [6.07, 6.45) is 3.57. The smallest absolute Gasteiger partial charge is 0.268 e. The number of aryl methyl sites for hydroxylation is 1. The molecule has 78 valence electrons. The van der Waals surface area contributed by atoms with Crippen LogP contribution in [0.5, 0.6) is 0 Å². The summed E-state index contributed by atoms with van der Waals surface area (Å²) < 4.78 is 2.63. The van der Waals surface area contributed by atoms with E-state index in [4.69, 9.17) is 0 Å². The first-order valence-electron chi connectivity index (χ1n) is 4.37. The Morgan fingerprint density at radius 2 is 2.13 bits per heavy atom. The Morgan fingerprint density at radius 1 is 1.47 bits per heavy atom. The van der Waals surface area contributed by atoms with Crippen molar-refractivity contribution in [1.82, 2.24) is 4.68 Å². The zero-order chi connectivity index (χ0) is 10.8. The highest BCUT2D eigenvalue weighted by Crippen LogP contribution is 2.27. The van der Waals surface area contributed by atoms with Crippen LogP contribution in [-0.4, -0.2) is 10.6 Å². The van der Waals surface area contributed by atoms with E-state index in [0.717, 1.165) is 9.35 Å². The molecule has 15 heavy (non-hydrogen) atoms. The number of carbonyl (C=O) groups excluding carboxylic acids is 1. The molecule has 0 aliphatic rings. The first-order chi connectivity index (χ1) is 7.16. The third kappa shape index (κ3) is 2.30. The number of hydrogen-bond donors (Lipinski definition) is 1. The first kappa shape index (κ1) is 10.4. The van der Waals surface area contributed by atoms with E-state index < -0.39 is 0 Å². The van der Waals surface area contributed by atoms with Crippen molar-refractivity contribution in [2.45, 2.75) is 6.92 Å². The molecule has 0 radical (unpaired) electrons. The highest BCUT2D eigenvalue weighted by Gasteiger charge is 2.10. The van der Waals surface area contributed by atoms with Gasteiger partial charge in [-0.1, -0.05) is 0 Å². The van der Waals surface area contributed by atoms with E-state index in [2.05, 4.69) is 21.4 Å². The van der Waals surface area contributed by atoms with Crippen LogP contribution in [0.1, 0.15) is 15.2 Å². The molecule has 1 N–H and O–H groups in total. The van der Waals surface area contributed by atoms with Gasteiger partial charge in [-0.3, -0.25) is 14.9 Å². The van der Waals surface area contributed by atoms with Gasteiger partial charge < -0.3 is 0 Å². The molecule has 0 aliphatic carbocycles. The Morgan fingerprint density at radius 3 is 2.67 bits per heavy atom. The van der Waals surface area contributed by atoms with Crippen molar-refractivity contribution in [3.63, 3.8) is 0 Å². The van der Waals surface area contributed by atoms with Gasteiger partial charge in [-0.15, -0.1) is 11.3 Å². The van der Waals surface area contributed by atoms with E-state index in [1.807, 2.05) is 25.1 Å². The number of carbonyl (C=O) groups is 1. The molecule has 0 saturated carbocycles. The van der Waals surface area contributed by atoms with Crippen molar-refractivity contribution >= 4 is 33.2 Å². The summed E-state index contributed by atoms with van der Waals surface area (Å²) in [4.78, 5) is 12.4. The van der Waals surface area contributed by atoms with Gasteiger partial charge >= 0.3 is 0 Å². The van der Waals surface area contributed by atoms with E-state index in [1.165, 1.54) is 11.3 Å². The summed E-state index contributed by atoms with van der Waals surface area (Å²) in [6.45, 7) is 1.97. The van der Waals surface area contributed by atoms with Crippen LogP contribution in [0.2, 0.25) is 0 Å². The second-order valence-corrected chi connectivity index (χ2v) is 5.47. The molecule has 2 aromatic heterocycles. The average Bonchev–Trinajstić information content (AvgIpc) is 2.78. The van der Waals surface area contributed by atoms with Gasteiger partial charge in [0.1, 0.15) is 0 Å². The standard InChI is InChI=1S/C10H9BrN2OS/c1-7-6-8(15-9(7)11)10(14)12-13-4-2-3-5-13/h2-6H,1H3,(H,12,14). The summed E-state index contributed by atoms with van der Waals surface area (Å²) in [5.74, 6) is -0.0926. The van der Waals surface area contributed by atoms with Crippen LogP contribution in [0.4, 0.5) is 0 Å². The van der Waals surface area contributed by atoms with E-state index in [-0.39, 0.29) is 5.91 Å². The molecule has 0 atom stereocenters. The van der Waals surface area contributed by atoms with Crippen LogP contribution < -0.4 is 5.43 Å². The molecule has 0 saturated heterocycles. The minimum Gasteiger partial charge on any atom is -0.268 e. The van der Waals surface area contributed by atoms with Gasteiger partial charge in [0.25, 0.3) is 5.91 Å². The predicted molar refractivity (Wildman–Crippen MR) is 64.9 cm³/mol. The maximum Gasteiger partial charge on any atom is 0.280 e. The summed E-state index contributed by atoms with van der Waals surface area (Å²) in [5.41, 5.74) is 3.83. The number of halogens is 1. The van der Waals surface area contributed by atoms with E-state index in [1.54, 1.807) is 17.1 Å². The molecule has 0 aliphatic heterocycles. The molecule has 3 nitrogen and oxygen atoms in total. The van der Waals surface area contributed by atoms with Gasteiger partial charge in [0.2, 0.25) is 0 Å². The van der Waals surface area contributed by atoms with Gasteiger partial charge in [-0.2, -0.15) is 0 Å². The van der Waals surface area contributed by atoms with Gasteiger partial charge in [-0.25, -0.2) is 0 Å². The highest BCUT2D eigenvalue weighted by atomic mass is 79.9. The zero-order valence-electron chi connectivity index (χ0n) is 8.03. The molecule has 5 heteroatoms. The van der Waals surface area contributed by atoms with Crippen molar-refractivity contribution in [1.29, 1.82) is 0 Å². The van der Waals surface area contributed by atoms with Crippen molar-refractivity contribution in [2.75, 3.05) is 5.43 Å². The van der Waals surface area contributed by atoms with Gasteiger partial charge in [0.05, 0.1) is 8.66 Å². The number of hydrogen-bond acceptors (Lipinski definition) is 2. The highest BCUT2D eigenvalue weighted by molar-refractivity contribution is 9.11. The lowest BCUT2D eigenvalue weighted by atomic mass is 10.3. The molecule has 0 aromatic carbocycles. The van der Waals surface area contributed by atoms with Crippen LogP contribution >= 0.6 is 27.3 Å². The minimum absolute atomic E-state index is 0.0926. The number of nitrogens with one attached hydrogen (secondary N) is 1. The van der Waals surface area contributed by atoms with E-state index in [0.29, 0.717) is 4.88 Å². The topological polar surface area (TPSA) is 34.0 Å². The second-order valence-electron chi connectivity index (χ2n) is 3.10. The molecule has 1 amide bonds. The van der Waals surface area contributed by atoms with Crippen molar-refractivity contribution < 1.29 is 4.79 Å². The van der Waals surface area contributed by atoms with Crippen LogP contribution in [0.3, 0.4) is 0 Å². The number of amides is 1. The fourth-order valence-corrected chi connectivity index (χ4v) is 2.58. The van der Waals surface area contributed by atoms with Crippen LogP contribution in [-0.2, 0) is 0 Å². The Labute approximate surface area is 99.8 Å².